The topological polar surface area (TPSA) is 6.48 Å². The monoisotopic (exact) mass is 282 g/mol. The largest absolute Gasteiger partial charge is 0.304 e. The maximum atomic E-state index is 2.60. The Morgan fingerprint density at radius 1 is 1.10 bits per heavy atom. The van der Waals surface area contributed by atoms with Gasteiger partial charge in [-0.2, -0.15) is 0 Å². The highest BCUT2D eigenvalue weighted by molar-refractivity contribution is 5.76. The molecule has 2 nitrogen and oxygen atoms in total. The molecule has 0 aromatic heterocycles. The van der Waals surface area contributed by atoms with Gasteiger partial charge in [0.2, 0.25) is 0 Å². The number of hydrogen-bond donors (Lipinski definition) is 0. The van der Waals surface area contributed by atoms with Gasteiger partial charge in [-0.05, 0) is 37.9 Å². The number of piperazine rings is 1. The second kappa shape index (κ2) is 6.59. The van der Waals surface area contributed by atoms with Crippen LogP contribution in [0.3, 0.4) is 0 Å². The van der Waals surface area contributed by atoms with E-state index >= 15 is 0 Å². The van der Waals surface area contributed by atoms with Crippen LogP contribution in [0.15, 0.2) is 42.0 Å². The average molecular weight is 282 g/mol. The lowest BCUT2D eigenvalue weighted by Gasteiger charge is -2.33. The van der Waals surface area contributed by atoms with Crippen LogP contribution in [0.5, 0.6) is 0 Å². The predicted molar refractivity (Wildman–Crippen MR) is 90.4 cm³/mol. The Morgan fingerprint density at radius 3 is 2.67 bits per heavy atom. The zero-order valence-corrected chi connectivity index (χ0v) is 13.3. The van der Waals surface area contributed by atoms with Gasteiger partial charge in [-0.3, -0.25) is 4.90 Å². The summed E-state index contributed by atoms with van der Waals surface area (Å²) in [5.41, 5.74) is 5.71. The lowest BCUT2D eigenvalue weighted by molar-refractivity contribution is 0.163. The van der Waals surface area contributed by atoms with Crippen LogP contribution in [-0.2, 0) is 0 Å². The van der Waals surface area contributed by atoms with Crippen molar-refractivity contribution in [3.05, 3.63) is 53.1 Å². The molecule has 1 saturated heterocycles. The average Bonchev–Trinajstić information content (AvgIpc) is 2.50. The van der Waals surface area contributed by atoms with Gasteiger partial charge < -0.3 is 4.90 Å². The molecule has 0 N–H and O–H groups in total. The molecule has 1 aliphatic carbocycles. The number of nitrogens with zero attached hydrogens (tertiary/aromatic N) is 2. The molecule has 21 heavy (non-hydrogen) atoms. The summed E-state index contributed by atoms with van der Waals surface area (Å²) in [7, 11) is 2.22. The minimum atomic E-state index is 1.15. The molecule has 0 radical (unpaired) electrons. The van der Waals surface area contributed by atoms with Gasteiger partial charge in [0.05, 0.1) is 0 Å². The second-order valence-corrected chi connectivity index (χ2v) is 6.45. The number of benzene rings is 1. The van der Waals surface area contributed by atoms with E-state index in [9.17, 15) is 0 Å². The highest BCUT2D eigenvalue weighted by atomic mass is 15.2. The molecule has 1 aliphatic heterocycles. The van der Waals surface area contributed by atoms with Crippen molar-refractivity contribution in [1.29, 1.82) is 0 Å². The molecule has 1 aromatic carbocycles. The molecule has 0 unspecified atom stereocenters. The van der Waals surface area contributed by atoms with Gasteiger partial charge >= 0.3 is 0 Å². The van der Waals surface area contributed by atoms with E-state index in [-0.39, 0.29) is 0 Å². The van der Waals surface area contributed by atoms with Crippen LogP contribution in [0, 0.1) is 6.92 Å². The third-order valence-corrected chi connectivity index (χ3v) is 4.56. The van der Waals surface area contributed by atoms with Gasteiger partial charge in [0.1, 0.15) is 0 Å². The fourth-order valence-electron chi connectivity index (χ4n) is 3.21. The Balaban J connectivity index is 1.68. The first-order chi connectivity index (χ1) is 10.2. The van der Waals surface area contributed by atoms with E-state index in [4.69, 9.17) is 0 Å². The molecule has 0 amide bonds. The first-order valence-corrected chi connectivity index (χ1v) is 8.08. The van der Waals surface area contributed by atoms with Crippen LogP contribution in [-0.4, -0.2) is 49.6 Å². The SMILES string of the molecule is Cc1cccc(C2=CCCC(CN3CCN(C)CC3)=C2)c1. The van der Waals surface area contributed by atoms with E-state index in [1.54, 1.807) is 5.57 Å². The molecular weight excluding hydrogens is 256 g/mol. The highest BCUT2D eigenvalue weighted by Crippen LogP contribution is 2.26. The lowest BCUT2D eigenvalue weighted by Crippen LogP contribution is -2.45. The number of likely N-dealkylation sites (N-methyl/N-ethyl adjacent to an activating group) is 1. The first kappa shape index (κ1) is 14.6. The number of hydrogen-bond acceptors (Lipinski definition) is 2. The summed E-state index contributed by atoms with van der Waals surface area (Å²) in [4.78, 5) is 5.02. The third kappa shape index (κ3) is 3.84. The van der Waals surface area contributed by atoms with Gasteiger partial charge in [0, 0.05) is 32.7 Å². The molecule has 3 rings (SSSR count). The predicted octanol–water partition coefficient (Wildman–Crippen LogP) is 3.35. The molecule has 0 spiro atoms. The molecule has 1 fully saturated rings. The normalized spacial score (nSPS) is 21.0. The Labute approximate surface area is 128 Å². The molecule has 0 saturated carbocycles. The lowest BCUT2D eigenvalue weighted by atomic mass is 9.93. The van der Waals surface area contributed by atoms with Crippen molar-refractivity contribution < 1.29 is 0 Å². The van der Waals surface area contributed by atoms with Crippen LogP contribution < -0.4 is 0 Å². The van der Waals surface area contributed by atoms with Crippen LogP contribution >= 0.6 is 0 Å². The summed E-state index contributed by atoms with van der Waals surface area (Å²) in [5.74, 6) is 0. The minimum Gasteiger partial charge on any atom is -0.304 e. The maximum absolute atomic E-state index is 2.60. The molecule has 0 atom stereocenters. The van der Waals surface area contributed by atoms with Crippen LogP contribution in [0.2, 0.25) is 0 Å². The Hall–Kier alpha value is -1.38. The number of allylic oxidation sites excluding steroid dienone is 3. The Bertz CT molecular complexity index is 548. The molecule has 2 heteroatoms. The summed E-state index contributed by atoms with van der Waals surface area (Å²) in [5, 5.41) is 0. The van der Waals surface area contributed by atoms with Crippen molar-refractivity contribution in [2.45, 2.75) is 19.8 Å². The van der Waals surface area contributed by atoms with Gasteiger partial charge in [-0.1, -0.05) is 47.6 Å². The first-order valence-electron chi connectivity index (χ1n) is 8.08. The van der Waals surface area contributed by atoms with Gasteiger partial charge in [0.15, 0.2) is 0 Å². The molecule has 0 bridgehead atoms. The number of rotatable bonds is 3. The van der Waals surface area contributed by atoms with Crippen molar-refractivity contribution in [3.63, 3.8) is 0 Å². The molecule has 1 aromatic rings. The van der Waals surface area contributed by atoms with Crippen molar-refractivity contribution in [3.8, 4) is 0 Å². The quantitative estimate of drug-likeness (QED) is 0.839. The summed E-state index contributed by atoms with van der Waals surface area (Å²) >= 11 is 0. The fourth-order valence-corrected chi connectivity index (χ4v) is 3.21. The van der Waals surface area contributed by atoms with E-state index in [1.165, 1.54) is 55.7 Å². The maximum Gasteiger partial charge on any atom is 0.0197 e. The molecule has 2 aliphatic rings. The van der Waals surface area contributed by atoms with Crippen molar-refractivity contribution in [1.82, 2.24) is 9.80 Å². The number of aryl methyl sites for hydroxylation is 1. The molecule has 1 heterocycles. The van der Waals surface area contributed by atoms with E-state index in [2.05, 4.69) is 60.2 Å². The zero-order chi connectivity index (χ0) is 14.7. The van der Waals surface area contributed by atoms with E-state index < -0.39 is 0 Å². The summed E-state index contributed by atoms with van der Waals surface area (Å²) < 4.78 is 0. The van der Waals surface area contributed by atoms with Gasteiger partial charge in [0.25, 0.3) is 0 Å². The van der Waals surface area contributed by atoms with Gasteiger partial charge in [-0.15, -0.1) is 0 Å². The Kier molecular flexibility index (Phi) is 4.57. The van der Waals surface area contributed by atoms with Crippen LogP contribution in [0.1, 0.15) is 24.0 Å². The van der Waals surface area contributed by atoms with Crippen molar-refractivity contribution >= 4 is 5.57 Å². The van der Waals surface area contributed by atoms with E-state index in [0.717, 1.165) is 6.54 Å². The van der Waals surface area contributed by atoms with Crippen molar-refractivity contribution in [2.75, 3.05) is 39.8 Å². The third-order valence-electron chi connectivity index (χ3n) is 4.56. The highest BCUT2D eigenvalue weighted by Gasteiger charge is 2.16. The van der Waals surface area contributed by atoms with Crippen LogP contribution in [0.25, 0.3) is 5.57 Å². The van der Waals surface area contributed by atoms with E-state index in [1.807, 2.05) is 0 Å². The summed E-state index contributed by atoms with van der Waals surface area (Å²) in [6.07, 6.45) is 7.23. The standard InChI is InChI=1S/C19H26N2/c1-16-5-3-7-18(13-16)19-8-4-6-17(14-19)15-21-11-9-20(2)10-12-21/h3,5,7-8,13-14H,4,6,9-12,15H2,1-2H3. The van der Waals surface area contributed by atoms with Gasteiger partial charge in [-0.25, -0.2) is 0 Å². The smallest absolute Gasteiger partial charge is 0.0197 e. The summed E-state index contributed by atoms with van der Waals surface area (Å²) in [6, 6.07) is 8.85. The summed E-state index contributed by atoms with van der Waals surface area (Å²) in [6.45, 7) is 8.13. The fraction of sp³-hybridized carbons (Fsp3) is 0.474. The minimum absolute atomic E-state index is 1.15. The van der Waals surface area contributed by atoms with Crippen molar-refractivity contribution in [2.24, 2.45) is 0 Å². The Morgan fingerprint density at radius 2 is 1.90 bits per heavy atom. The second-order valence-electron chi connectivity index (χ2n) is 6.45. The molecule has 112 valence electrons. The zero-order valence-electron chi connectivity index (χ0n) is 13.3. The molecular formula is C19H26N2. The van der Waals surface area contributed by atoms with E-state index in [0.29, 0.717) is 0 Å². The van der Waals surface area contributed by atoms with Crippen LogP contribution in [0.4, 0.5) is 0 Å².